The zero-order chi connectivity index (χ0) is 10.4. The maximum Gasteiger partial charge on any atom is 0.338 e. The Hall–Kier alpha value is -1.61. The fraction of sp³-hybridized carbons (Fsp3) is 0.182. The van der Waals surface area contributed by atoms with Crippen LogP contribution in [0, 0.1) is 0 Å². The summed E-state index contributed by atoms with van der Waals surface area (Å²) < 4.78 is 4.91. The highest BCUT2D eigenvalue weighted by atomic mass is 16.5. The molecule has 0 bridgehead atoms. The molecule has 0 spiro atoms. The highest BCUT2D eigenvalue weighted by Crippen LogP contribution is 2.09. The smallest absolute Gasteiger partial charge is 0.338 e. The first-order chi connectivity index (χ1) is 6.79. The molecule has 1 aromatic rings. The predicted molar refractivity (Wildman–Crippen MR) is 54.8 cm³/mol. The van der Waals surface area contributed by atoms with Crippen LogP contribution < -0.4 is 5.73 Å². The minimum absolute atomic E-state index is 0.220. The third kappa shape index (κ3) is 2.44. The van der Waals surface area contributed by atoms with Crippen molar-refractivity contribution in [3.8, 4) is 0 Å². The van der Waals surface area contributed by atoms with Crippen LogP contribution in [0.5, 0.6) is 0 Å². The SMILES string of the molecule is C=CCOC(=O)c1ccccc1CN. The molecule has 1 rings (SSSR count). The van der Waals surface area contributed by atoms with E-state index >= 15 is 0 Å². The van der Waals surface area contributed by atoms with Crippen LogP contribution >= 0.6 is 0 Å². The molecule has 0 unspecified atom stereocenters. The molecule has 0 fully saturated rings. The van der Waals surface area contributed by atoms with Crippen molar-refractivity contribution in [3.05, 3.63) is 48.0 Å². The van der Waals surface area contributed by atoms with Crippen molar-refractivity contribution in [2.24, 2.45) is 5.73 Å². The van der Waals surface area contributed by atoms with E-state index < -0.39 is 0 Å². The second kappa shape index (κ2) is 5.19. The van der Waals surface area contributed by atoms with Crippen LogP contribution in [-0.2, 0) is 11.3 Å². The van der Waals surface area contributed by atoms with E-state index in [1.807, 2.05) is 12.1 Å². The van der Waals surface area contributed by atoms with Gasteiger partial charge in [0, 0.05) is 6.54 Å². The summed E-state index contributed by atoms with van der Waals surface area (Å²) in [4.78, 5) is 11.5. The van der Waals surface area contributed by atoms with Crippen molar-refractivity contribution in [1.29, 1.82) is 0 Å². The summed E-state index contributed by atoms with van der Waals surface area (Å²) in [5, 5.41) is 0. The molecule has 0 aliphatic carbocycles. The third-order valence-corrected chi connectivity index (χ3v) is 1.79. The molecule has 0 amide bonds. The Bertz CT molecular complexity index is 334. The van der Waals surface area contributed by atoms with Crippen molar-refractivity contribution in [3.63, 3.8) is 0 Å². The Balaban J connectivity index is 2.82. The van der Waals surface area contributed by atoms with E-state index in [0.29, 0.717) is 12.1 Å². The molecule has 0 heterocycles. The zero-order valence-electron chi connectivity index (χ0n) is 7.90. The van der Waals surface area contributed by atoms with Gasteiger partial charge in [0.15, 0.2) is 0 Å². The van der Waals surface area contributed by atoms with Gasteiger partial charge in [0.05, 0.1) is 5.56 Å². The first-order valence-corrected chi connectivity index (χ1v) is 4.35. The van der Waals surface area contributed by atoms with E-state index in [-0.39, 0.29) is 12.6 Å². The minimum atomic E-state index is -0.356. The lowest BCUT2D eigenvalue weighted by atomic mass is 10.1. The molecule has 74 valence electrons. The minimum Gasteiger partial charge on any atom is -0.458 e. The molecule has 0 atom stereocenters. The molecular weight excluding hydrogens is 178 g/mol. The number of carbonyl (C=O) groups is 1. The third-order valence-electron chi connectivity index (χ3n) is 1.79. The molecule has 0 aromatic heterocycles. The number of benzene rings is 1. The van der Waals surface area contributed by atoms with Crippen LogP contribution in [0.2, 0.25) is 0 Å². The van der Waals surface area contributed by atoms with E-state index in [4.69, 9.17) is 10.5 Å². The summed E-state index contributed by atoms with van der Waals surface area (Å²) in [7, 11) is 0. The van der Waals surface area contributed by atoms with Gasteiger partial charge in [0.25, 0.3) is 0 Å². The number of hydrogen-bond donors (Lipinski definition) is 1. The summed E-state index contributed by atoms with van der Waals surface area (Å²) in [6.45, 7) is 4.02. The molecule has 2 N–H and O–H groups in total. The Morgan fingerprint density at radius 1 is 1.50 bits per heavy atom. The van der Waals surface area contributed by atoms with Crippen LogP contribution in [0.4, 0.5) is 0 Å². The zero-order valence-corrected chi connectivity index (χ0v) is 7.90. The lowest BCUT2D eigenvalue weighted by molar-refractivity contribution is 0.0548. The summed E-state index contributed by atoms with van der Waals surface area (Å²) in [6.07, 6.45) is 1.53. The monoisotopic (exact) mass is 191 g/mol. The van der Waals surface area contributed by atoms with E-state index in [9.17, 15) is 4.79 Å². The van der Waals surface area contributed by atoms with E-state index in [1.165, 1.54) is 6.08 Å². The van der Waals surface area contributed by atoms with Crippen molar-refractivity contribution in [2.75, 3.05) is 6.61 Å². The fourth-order valence-corrected chi connectivity index (χ4v) is 1.11. The van der Waals surface area contributed by atoms with Gasteiger partial charge in [0.2, 0.25) is 0 Å². The molecule has 0 aliphatic rings. The summed E-state index contributed by atoms with van der Waals surface area (Å²) >= 11 is 0. The van der Waals surface area contributed by atoms with Gasteiger partial charge in [-0.3, -0.25) is 0 Å². The number of ether oxygens (including phenoxy) is 1. The standard InChI is InChI=1S/C11H13NO2/c1-2-7-14-11(13)10-6-4-3-5-9(10)8-12/h2-6H,1,7-8,12H2. The molecule has 0 saturated carbocycles. The Morgan fingerprint density at radius 3 is 2.86 bits per heavy atom. The number of esters is 1. The quantitative estimate of drug-likeness (QED) is 0.579. The van der Waals surface area contributed by atoms with E-state index in [2.05, 4.69) is 6.58 Å². The van der Waals surface area contributed by atoms with E-state index in [1.54, 1.807) is 12.1 Å². The topological polar surface area (TPSA) is 52.3 Å². The van der Waals surface area contributed by atoms with Gasteiger partial charge >= 0.3 is 5.97 Å². The molecule has 3 heteroatoms. The number of rotatable bonds is 4. The van der Waals surface area contributed by atoms with Crippen LogP contribution in [-0.4, -0.2) is 12.6 Å². The largest absolute Gasteiger partial charge is 0.458 e. The average Bonchev–Trinajstić information content (AvgIpc) is 2.25. The number of nitrogens with two attached hydrogens (primary N) is 1. The van der Waals surface area contributed by atoms with Gasteiger partial charge in [0.1, 0.15) is 6.61 Å². The first-order valence-electron chi connectivity index (χ1n) is 4.35. The van der Waals surface area contributed by atoms with Crippen LogP contribution in [0.1, 0.15) is 15.9 Å². The maximum atomic E-state index is 11.5. The summed E-state index contributed by atoms with van der Waals surface area (Å²) in [6, 6.07) is 7.13. The van der Waals surface area contributed by atoms with Crippen LogP contribution in [0.3, 0.4) is 0 Å². The Labute approximate surface area is 83.2 Å². The maximum absolute atomic E-state index is 11.5. The van der Waals surface area contributed by atoms with Crippen molar-refractivity contribution in [2.45, 2.75) is 6.54 Å². The predicted octanol–water partition coefficient (Wildman–Crippen LogP) is 1.49. The van der Waals surface area contributed by atoms with E-state index in [0.717, 1.165) is 5.56 Å². The van der Waals surface area contributed by atoms with Crippen LogP contribution in [0.25, 0.3) is 0 Å². The van der Waals surface area contributed by atoms with Gasteiger partial charge in [-0.1, -0.05) is 30.9 Å². The van der Waals surface area contributed by atoms with Crippen LogP contribution in [0.15, 0.2) is 36.9 Å². The Kier molecular flexibility index (Phi) is 3.88. The summed E-state index contributed by atoms with van der Waals surface area (Å²) in [5.74, 6) is -0.356. The molecule has 14 heavy (non-hydrogen) atoms. The number of hydrogen-bond acceptors (Lipinski definition) is 3. The normalized spacial score (nSPS) is 9.50. The fourth-order valence-electron chi connectivity index (χ4n) is 1.11. The second-order valence-corrected chi connectivity index (χ2v) is 2.75. The lowest BCUT2D eigenvalue weighted by Gasteiger charge is -2.05. The van der Waals surface area contributed by atoms with Gasteiger partial charge < -0.3 is 10.5 Å². The molecule has 0 radical (unpaired) electrons. The molecule has 3 nitrogen and oxygen atoms in total. The molecule has 1 aromatic carbocycles. The summed E-state index contributed by atoms with van der Waals surface area (Å²) in [5.41, 5.74) is 6.81. The highest BCUT2D eigenvalue weighted by molar-refractivity contribution is 5.91. The molecular formula is C11H13NO2. The Morgan fingerprint density at radius 2 is 2.21 bits per heavy atom. The van der Waals surface area contributed by atoms with Crippen molar-refractivity contribution in [1.82, 2.24) is 0 Å². The van der Waals surface area contributed by atoms with Gasteiger partial charge in [-0.2, -0.15) is 0 Å². The molecule has 0 aliphatic heterocycles. The number of carbonyl (C=O) groups excluding carboxylic acids is 1. The van der Waals surface area contributed by atoms with Crippen molar-refractivity contribution < 1.29 is 9.53 Å². The highest BCUT2D eigenvalue weighted by Gasteiger charge is 2.09. The van der Waals surface area contributed by atoms with Gasteiger partial charge in [-0.05, 0) is 11.6 Å². The first kappa shape index (κ1) is 10.5. The second-order valence-electron chi connectivity index (χ2n) is 2.75. The molecule has 0 saturated heterocycles. The van der Waals surface area contributed by atoms with Crippen molar-refractivity contribution >= 4 is 5.97 Å². The van der Waals surface area contributed by atoms with Gasteiger partial charge in [-0.25, -0.2) is 4.79 Å². The van der Waals surface area contributed by atoms with Gasteiger partial charge in [-0.15, -0.1) is 0 Å². The lowest BCUT2D eigenvalue weighted by Crippen LogP contribution is -2.10. The average molecular weight is 191 g/mol.